The van der Waals surface area contributed by atoms with Crippen LogP contribution in [0.4, 0.5) is 10.1 Å². The number of amides is 1. The fourth-order valence-electron chi connectivity index (χ4n) is 3.23. The van der Waals surface area contributed by atoms with Crippen LogP contribution in [-0.4, -0.2) is 28.5 Å². The zero-order valence-electron chi connectivity index (χ0n) is 18.0. The maximum atomic E-state index is 14.1. The van der Waals surface area contributed by atoms with Crippen LogP contribution in [0.25, 0.3) is 22.8 Å². The first-order valence-corrected chi connectivity index (χ1v) is 10.2. The average Bonchev–Trinajstić information content (AvgIpc) is 3.31. The van der Waals surface area contributed by atoms with Gasteiger partial charge in [0.05, 0.1) is 40.9 Å². The second kappa shape index (κ2) is 9.44. The zero-order chi connectivity index (χ0) is 23.4. The van der Waals surface area contributed by atoms with E-state index in [4.69, 9.17) is 9.15 Å². The van der Waals surface area contributed by atoms with E-state index < -0.39 is 17.7 Å². The van der Waals surface area contributed by atoms with Gasteiger partial charge in [0.2, 0.25) is 5.89 Å². The van der Waals surface area contributed by atoms with E-state index in [0.29, 0.717) is 22.5 Å². The van der Waals surface area contributed by atoms with E-state index in [1.807, 2.05) is 0 Å². The Morgan fingerprint density at radius 3 is 2.52 bits per heavy atom. The first kappa shape index (κ1) is 21.9. The third-order valence-corrected chi connectivity index (χ3v) is 4.89. The van der Waals surface area contributed by atoms with Crippen LogP contribution >= 0.6 is 0 Å². The number of hydrogen-bond acceptors (Lipinski definition) is 6. The van der Waals surface area contributed by atoms with Crippen molar-refractivity contribution in [2.45, 2.75) is 13.8 Å². The predicted molar refractivity (Wildman–Crippen MR) is 120 cm³/mol. The average molecular weight is 445 g/mol. The molecule has 33 heavy (non-hydrogen) atoms. The number of halogens is 1. The molecular formula is C25H20FN3O4. The largest absolute Gasteiger partial charge is 0.462 e. The summed E-state index contributed by atoms with van der Waals surface area (Å²) in [5, 5.41) is 2.78. The number of carbonyl (C=O) groups is 2. The van der Waals surface area contributed by atoms with Crippen molar-refractivity contribution in [3.05, 3.63) is 89.6 Å². The van der Waals surface area contributed by atoms with Gasteiger partial charge in [-0.3, -0.25) is 9.78 Å². The summed E-state index contributed by atoms with van der Waals surface area (Å²) in [6.07, 6.45) is 2.81. The number of rotatable bonds is 6. The van der Waals surface area contributed by atoms with Gasteiger partial charge in [0.1, 0.15) is 5.82 Å². The molecule has 166 valence electrons. The Hall–Kier alpha value is -4.33. The molecule has 1 amide bonds. The van der Waals surface area contributed by atoms with Gasteiger partial charge in [0.15, 0.2) is 5.76 Å². The van der Waals surface area contributed by atoms with E-state index in [1.54, 1.807) is 56.3 Å². The molecule has 0 aliphatic rings. The minimum absolute atomic E-state index is 0.175. The molecule has 2 aromatic carbocycles. The van der Waals surface area contributed by atoms with Crippen molar-refractivity contribution < 1.29 is 23.1 Å². The molecule has 2 aromatic heterocycles. The minimum atomic E-state index is -0.527. The van der Waals surface area contributed by atoms with E-state index >= 15 is 0 Å². The van der Waals surface area contributed by atoms with Crippen LogP contribution in [-0.2, 0) is 4.74 Å². The van der Waals surface area contributed by atoms with Crippen molar-refractivity contribution in [1.29, 1.82) is 0 Å². The number of anilines is 1. The van der Waals surface area contributed by atoms with E-state index in [1.165, 1.54) is 24.5 Å². The third-order valence-electron chi connectivity index (χ3n) is 4.89. The maximum Gasteiger partial charge on any atom is 0.339 e. The van der Waals surface area contributed by atoms with Crippen LogP contribution in [0, 0.1) is 12.7 Å². The third kappa shape index (κ3) is 4.64. The Kier molecular flexibility index (Phi) is 6.26. The quantitative estimate of drug-likeness (QED) is 0.406. The number of aromatic nitrogens is 2. The molecule has 0 aliphatic carbocycles. The Balaban J connectivity index is 1.64. The van der Waals surface area contributed by atoms with E-state index in [9.17, 15) is 14.0 Å². The molecular weight excluding hydrogens is 425 g/mol. The lowest BCUT2D eigenvalue weighted by molar-refractivity contribution is 0.0525. The van der Waals surface area contributed by atoms with Gasteiger partial charge in [-0.2, -0.15) is 0 Å². The van der Waals surface area contributed by atoms with E-state index in [2.05, 4.69) is 15.3 Å². The Labute approximate surface area is 189 Å². The fourth-order valence-corrected chi connectivity index (χ4v) is 3.23. The first-order chi connectivity index (χ1) is 16.0. The number of hydrogen-bond donors (Lipinski definition) is 1. The second-order valence-corrected chi connectivity index (χ2v) is 7.09. The molecule has 0 saturated carbocycles. The molecule has 0 fully saturated rings. The molecule has 0 saturated heterocycles. The fraction of sp³-hybridized carbons (Fsp3) is 0.120. The summed E-state index contributed by atoms with van der Waals surface area (Å²) in [4.78, 5) is 33.6. The van der Waals surface area contributed by atoms with Gasteiger partial charge in [-0.15, -0.1) is 0 Å². The number of esters is 1. The van der Waals surface area contributed by atoms with Crippen LogP contribution in [0.2, 0.25) is 0 Å². The number of carbonyl (C=O) groups excluding carboxylic acids is 2. The lowest BCUT2D eigenvalue weighted by Gasteiger charge is -2.11. The van der Waals surface area contributed by atoms with Crippen molar-refractivity contribution in [1.82, 2.24) is 9.97 Å². The molecule has 0 unspecified atom stereocenters. The van der Waals surface area contributed by atoms with Crippen molar-refractivity contribution in [2.75, 3.05) is 11.9 Å². The minimum Gasteiger partial charge on any atom is -0.462 e. The summed E-state index contributed by atoms with van der Waals surface area (Å²) in [7, 11) is 0. The molecule has 4 aromatic rings. The molecule has 2 heterocycles. The Morgan fingerprint density at radius 2 is 1.76 bits per heavy atom. The topological polar surface area (TPSA) is 94.3 Å². The van der Waals surface area contributed by atoms with Gasteiger partial charge >= 0.3 is 5.97 Å². The molecule has 1 N–H and O–H groups in total. The number of benzene rings is 2. The number of nitrogens with zero attached hydrogens (tertiary/aromatic N) is 2. The molecule has 0 bridgehead atoms. The summed E-state index contributed by atoms with van der Waals surface area (Å²) < 4.78 is 24.9. The first-order valence-electron chi connectivity index (χ1n) is 10.2. The summed E-state index contributed by atoms with van der Waals surface area (Å²) in [6.45, 7) is 3.65. The van der Waals surface area contributed by atoms with Crippen LogP contribution < -0.4 is 5.32 Å². The smallest absolute Gasteiger partial charge is 0.339 e. The molecule has 0 atom stereocenters. The van der Waals surface area contributed by atoms with Gasteiger partial charge in [0, 0.05) is 11.8 Å². The summed E-state index contributed by atoms with van der Waals surface area (Å²) >= 11 is 0. The number of ether oxygens (including phenoxy) is 1. The highest BCUT2D eigenvalue weighted by atomic mass is 19.1. The summed E-state index contributed by atoms with van der Waals surface area (Å²) in [6, 6.07) is 14.5. The standard InChI is InChI=1S/C25H20FN3O4/c1-3-32-25(31)16-12-21(15(2)27-13-16)29-23(30)17-8-4-5-9-18(17)24-28-14-22(33-24)19-10-6-7-11-20(19)26/h4-14H,3H2,1-2H3,(H,29,30). The zero-order valence-corrected chi connectivity index (χ0v) is 18.0. The number of aryl methyl sites for hydroxylation is 1. The Morgan fingerprint density at radius 1 is 1.03 bits per heavy atom. The highest BCUT2D eigenvalue weighted by Crippen LogP contribution is 2.30. The van der Waals surface area contributed by atoms with Gasteiger partial charge in [0.25, 0.3) is 5.91 Å². The normalized spacial score (nSPS) is 10.6. The molecule has 4 rings (SSSR count). The highest BCUT2D eigenvalue weighted by Gasteiger charge is 2.19. The van der Waals surface area contributed by atoms with E-state index in [-0.39, 0.29) is 29.4 Å². The molecule has 0 spiro atoms. The molecule has 0 aliphatic heterocycles. The highest BCUT2D eigenvalue weighted by molar-refractivity contribution is 6.08. The van der Waals surface area contributed by atoms with Crippen LogP contribution in [0.5, 0.6) is 0 Å². The number of nitrogens with one attached hydrogen (secondary N) is 1. The summed E-state index contributed by atoms with van der Waals surface area (Å²) in [5.74, 6) is -0.978. The van der Waals surface area contributed by atoms with Crippen LogP contribution in [0.3, 0.4) is 0 Å². The SMILES string of the molecule is CCOC(=O)c1cnc(C)c(NC(=O)c2ccccc2-c2ncc(-c3ccccc3F)o2)c1. The van der Waals surface area contributed by atoms with E-state index in [0.717, 1.165) is 0 Å². The van der Waals surface area contributed by atoms with Crippen LogP contribution in [0.15, 0.2) is 71.4 Å². The lowest BCUT2D eigenvalue weighted by Crippen LogP contribution is -2.15. The maximum absolute atomic E-state index is 14.1. The van der Waals surface area contributed by atoms with Gasteiger partial charge in [-0.25, -0.2) is 14.2 Å². The Bertz CT molecular complexity index is 1330. The van der Waals surface area contributed by atoms with Crippen molar-refractivity contribution in [3.63, 3.8) is 0 Å². The van der Waals surface area contributed by atoms with Crippen LogP contribution in [0.1, 0.15) is 33.3 Å². The van der Waals surface area contributed by atoms with Gasteiger partial charge in [-0.05, 0) is 44.2 Å². The van der Waals surface area contributed by atoms with Crippen molar-refractivity contribution in [2.24, 2.45) is 0 Å². The molecule has 0 radical (unpaired) electrons. The number of oxazole rings is 1. The predicted octanol–water partition coefficient (Wildman–Crippen LogP) is 5.28. The van der Waals surface area contributed by atoms with Gasteiger partial charge < -0.3 is 14.5 Å². The monoisotopic (exact) mass is 445 g/mol. The summed E-state index contributed by atoms with van der Waals surface area (Å²) in [5.41, 5.74) is 2.14. The van der Waals surface area contributed by atoms with Crippen molar-refractivity contribution >= 4 is 17.6 Å². The van der Waals surface area contributed by atoms with Crippen molar-refractivity contribution in [3.8, 4) is 22.8 Å². The number of pyridine rings is 1. The molecule has 8 heteroatoms. The molecule has 7 nitrogen and oxygen atoms in total. The van der Waals surface area contributed by atoms with Gasteiger partial charge in [-0.1, -0.05) is 24.3 Å². The lowest BCUT2D eigenvalue weighted by atomic mass is 10.1. The second-order valence-electron chi connectivity index (χ2n) is 7.09.